The average Bonchev–Trinajstić information content (AvgIpc) is 2.36. The third-order valence-corrected chi connectivity index (χ3v) is 3.83. The van der Waals surface area contributed by atoms with E-state index in [1.807, 2.05) is 13.8 Å². The number of anilines is 1. The van der Waals surface area contributed by atoms with Crippen molar-refractivity contribution in [1.82, 2.24) is 5.32 Å². The molecule has 0 radical (unpaired) electrons. The van der Waals surface area contributed by atoms with Gasteiger partial charge in [-0.2, -0.15) is 13.2 Å². The van der Waals surface area contributed by atoms with Gasteiger partial charge in [-0.05, 0) is 51.3 Å². The van der Waals surface area contributed by atoms with Crippen molar-refractivity contribution in [2.45, 2.75) is 44.8 Å². The number of halogens is 3. The van der Waals surface area contributed by atoms with Gasteiger partial charge in [0.2, 0.25) is 0 Å². The maximum absolute atomic E-state index is 12.8. The average molecular weight is 300 g/mol. The third-order valence-electron chi connectivity index (χ3n) is 3.83. The molecule has 1 aromatic rings. The molecule has 0 saturated heterocycles. The van der Waals surface area contributed by atoms with Gasteiger partial charge in [-0.15, -0.1) is 0 Å². The zero-order valence-electron chi connectivity index (χ0n) is 12.1. The summed E-state index contributed by atoms with van der Waals surface area (Å²) in [4.78, 5) is 12.3. The summed E-state index contributed by atoms with van der Waals surface area (Å²) in [6.45, 7) is 4.27. The van der Waals surface area contributed by atoms with E-state index >= 15 is 0 Å². The van der Waals surface area contributed by atoms with Crippen molar-refractivity contribution in [3.05, 3.63) is 29.3 Å². The van der Waals surface area contributed by atoms with Crippen molar-refractivity contribution < 1.29 is 18.0 Å². The van der Waals surface area contributed by atoms with E-state index in [1.165, 1.54) is 6.07 Å². The number of hydrogen-bond acceptors (Lipinski definition) is 2. The maximum atomic E-state index is 12.8. The van der Waals surface area contributed by atoms with Gasteiger partial charge < -0.3 is 10.6 Å². The molecule has 2 rings (SSSR count). The van der Waals surface area contributed by atoms with E-state index < -0.39 is 17.6 Å². The van der Waals surface area contributed by atoms with E-state index in [-0.39, 0.29) is 11.1 Å². The molecule has 21 heavy (non-hydrogen) atoms. The van der Waals surface area contributed by atoms with Crippen molar-refractivity contribution in [2.75, 3.05) is 11.9 Å². The minimum Gasteiger partial charge on any atom is -0.385 e. The molecule has 0 unspecified atom stereocenters. The van der Waals surface area contributed by atoms with Crippen LogP contribution in [-0.4, -0.2) is 18.0 Å². The fraction of sp³-hybridized carbons (Fsp3) is 0.533. The van der Waals surface area contributed by atoms with E-state index in [2.05, 4.69) is 10.6 Å². The van der Waals surface area contributed by atoms with Gasteiger partial charge in [0.1, 0.15) is 0 Å². The number of carbonyl (C=O) groups excluding carboxylic acids is 1. The number of hydrogen-bond donors (Lipinski definition) is 2. The van der Waals surface area contributed by atoms with E-state index in [1.54, 1.807) is 0 Å². The topological polar surface area (TPSA) is 41.1 Å². The smallest absolute Gasteiger partial charge is 0.385 e. The molecular weight excluding hydrogens is 281 g/mol. The number of rotatable bonds is 4. The van der Waals surface area contributed by atoms with Gasteiger partial charge >= 0.3 is 6.18 Å². The lowest BCUT2D eigenvalue weighted by Crippen LogP contribution is -2.51. The first-order chi connectivity index (χ1) is 9.75. The third kappa shape index (κ3) is 3.49. The number of benzene rings is 1. The fourth-order valence-corrected chi connectivity index (χ4v) is 2.43. The van der Waals surface area contributed by atoms with Crippen LogP contribution in [0.15, 0.2) is 18.2 Å². The summed E-state index contributed by atoms with van der Waals surface area (Å²) in [5.41, 5.74) is -0.645. The molecule has 6 heteroatoms. The molecule has 1 aromatic carbocycles. The SMILES string of the molecule is CCNc1ccc(C(F)(F)F)cc1C(=O)NC1(C)CCC1. The summed E-state index contributed by atoms with van der Waals surface area (Å²) in [6.07, 6.45) is -1.72. The zero-order valence-corrected chi connectivity index (χ0v) is 12.1. The van der Waals surface area contributed by atoms with Gasteiger partial charge in [0.05, 0.1) is 11.1 Å². The molecule has 0 aliphatic heterocycles. The zero-order chi connectivity index (χ0) is 15.7. The highest BCUT2D eigenvalue weighted by Gasteiger charge is 2.35. The Kier molecular flexibility index (Phi) is 4.16. The molecule has 0 aromatic heterocycles. The molecule has 0 atom stereocenters. The fourth-order valence-electron chi connectivity index (χ4n) is 2.43. The van der Waals surface area contributed by atoms with Crippen LogP contribution in [0.4, 0.5) is 18.9 Å². The Hall–Kier alpha value is -1.72. The number of alkyl halides is 3. The van der Waals surface area contributed by atoms with Crippen LogP contribution in [0.2, 0.25) is 0 Å². The lowest BCUT2D eigenvalue weighted by molar-refractivity contribution is -0.137. The normalized spacial score (nSPS) is 17.0. The molecule has 1 amide bonds. The Bertz CT molecular complexity index is 536. The monoisotopic (exact) mass is 300 g/mol. The largest absolute Gasteiger partial charge is 0.416 e. The molecule has 1 aliphatic carbocycles. The van der Waals surface area contributed by atoms with E-state index in [9.17, 15) is 18.0 Å². The first kappa shape index (κ1) is 15.7. The summed E-state index contributed by atoms with van der Waals surface area (Å²) in [5, 5.41) is 5.77. The molecule has 1 fully saturated rings. The molecule has 116 valence electrons. The molecule has 1 aliphatic rings. The van der Waals surface area contributed by atoms with Gasteiger partial charge in [-0.3, -0.25) is 4.79 Å². The van der Waals surface area contributed by atoms with Crippen LogP contribution in [0.1, 0.15) is 49.0 Å². The van der Waals surface area contributed by atoms with Crippen molar-refractivity contribution in [1.29, 1.82) is 0 Å². The van der Waals surface area contributed by atoms with Crippen LogP contribution in [0.5, 0.6) is 0 Å². The maximum Gasteiger partial charge on any atom is 0.416 e. The van der Waals surface area contributed by atoms with Crippen molar-refractivity contribution in [3.8, 4) is 0 Å². The Morgan fingerprint density at radius 2 is 2.00 bits per heavy atom. The highest BCUT2D eigenvalue weighted by atomic mass is 19.4. The second-order valence-electron chi connectivity index (χ2n) is 5.66. The second kappa shape index (κ2) is 5.58. The number of amides is 1. The highest BCUT2D eigenvalue weighted by Crippen LogP contribution is 2.34. The molecule has 0 spiro atoms. The number of nitrogens with one attached hydrogen (secondary N) is 2. The minimum atomic E-state index is -4.46. The first-order valence-electron chi connectivity index (χ1n) is 7.03. The van der Waals surface area contributed by atoms with Crippen LogP contribution < -0.4 is 10.6 Å². The molecular formula is C15H19F3N2O. The van der Waals surface area contributed by atoms with E-state index in [0.717, 1.165) is 31.4 Å². The van der Waals surface area contributed by atoms with Crippen LogP contribution in [-0.2, 0) is 6.18 Å². The van der Waals surface area contributed by atoms with Crippen molar-refractivity contribution >= 4 is 11.6 Å². The van der Waals surface area contributed by atoms with Gasteiger partial charge in [-0.1, -0.05) is 0 Å². The minimum absolute atomic E-state index is 0.0415. The van der Waals surface area contributed by atoms with Crippen LogP contribution in [0, 0.1) is 0 Å². The predicted octanol–water partition coefficient (Wildman–Crippen LogP) is 3.81. The van der Waals surface area contributed by atoms with Crippen LogP contribution in [0.25, 0.3) is 0 Å². The highest BCUT2D eigenvalue weighted by molar-refractivity contribution is 6.00. The Labute approximate surface area is 121 Å². The van der Waals surface area contributed by atoms with E-state index in [0.29, 0.717) is 12.2 Å². The number of carbonyl (C=O) groups is 1. The van der Waals surface area contributed by atoms with E-state index in [4.69, 9.17) is 0 Å². The molecule has 2 N–H and O–H groups in total. The summed E-state index contributed by atoms with van der Waals surface area (Å²) >= 11 is 0. The predicted molar refractivity (Wildman–Crippen MR) is 75.3 cm³/mol. The van der Waals surface area contributed by atoms with Gasteiger partial charge in [-0.25, -0.2) is 0 Å². The molecule has 0 heterocycles. The lowest BCUT2D eigenvalue weighted by Gasteiger charge is -2.39. The van der Waals surface area contributed by atoms with Crippen LogP contribution >= 0.6 is 0 Å². The summed E-state index contributed by atoms with van der Waals surface area (Å²) in [7, 11) is 0. The summed E-state index contributed by atoms with van der Waals surface area (Å²) in [6, 6.07) is 3.21. The van der Waals surface area contributed by atoms with Gasteiger partial charge in [0, 0.05) is 17.8 Å². The Morgan fingerprint density at radius 1 is 1.33 bits per heavy atom. The van der Waals surface area contributed by atoms with Crippen LogP contribution in [0.3, 0.4) is 0 Å². The lowest BCUT2D eigenvalue weighted by atomic mass is 9.78. The first-order valence-corrected chi connectivity index (χ1v) is 7.03. The summed E-state index contributed by atoms with van der Waals surface area (Å²) in [5.74, 6) is -0.459. The van der Waals surface area contributed by atoms with Crippen molar-refractivity contribution in [3.63, 3.8) is 0 Å². The standard InChI is InChI=1S/C15H19F3N2O/c1-3-19-12-6-5-10(15(16,17)18)9-11(12)13(21)20-14(2)7-4-8-14/h5-6,9,19H,3-4,7-8H2,1-2H3,(H,20,21). The Morgan fingerprint density at radius 3 is 2.48 bits per heavy atom. The Balaban J connectivity index is 2.31. The second-order valence-corrected chi connectivity index (χ2v) is 5.66. The van der Waals surface area contributed by atoms with Gasteiger partial charge in [0.25, 0.3) is 5.91 Å². The van der Waals surface area contributed by atoms with Gasteiger partial charge in [0.15, 0.2) is 0 Å². The molecule has 3 nitrogen and oxygen atoms in total. The molecule has 1 saturated carbocycles. The quantitative estimate of drug-likeness (QED) is 0.888. The summed E-state index contributed by atoms with van der Waals surface area (Å²) < 4.78 is 38.4. The van der Waals surface area contributed by atoms with Crippen molar-refractivity contribution in [2.24, 2.45) is 0 Å². The molecule has 0 bridgehead atoms.